The molecular weight excluding hydrogens is 222 g/mol. The molecule has 5 heteroatoms. The van der Waals surface area contributed by atoms with Crippen LogP contribution in [-0.4, -0.2) is 38.2 Å². The quantitative estimate of drug-likeness (QED) is 0.723. The fourth-order valence-corrected chi connectivity index (χ4v) is 1.81. The van der Waals surface area contributed by atoms with Crippen LogP contribution in [0.4, 0.5) is 0 Å². The molecule has 17 heavy (non-hydrogen) atoms. The Morgan fingerprint density at radius 1 is 1.53 bits per heavy atom. The first-order valence-corrected chi connectivity index (χ1v) is 6.06. The van der Waals surface area contributed by atoms with Gasteiger partial charge < -0.3 is 14.8 Å². The molecule has 1 aliphatic heterocycles. The van der Waals surface area contributed by atoms with Gasteiger partial charge in [0.15, 0.2) is 0 Å². The molecule has 1 aliphatic rings. The lowest BCUT2D eigenvalue weighted by Crippen LogP contribution is -2.47. The van der Waals surface area contributed by atoms with Crippen LogP contribution >= 0.6 is 0 Å². The van der Waals surface area contributed by atoms with E-state index < -0.39 is 6.04 Å². The summed E-state index contributed by atoms with van der Waals surface area (Å²) >= 11 is 0. The van der Waals surface area contributed by atoms with Crippen LogP contribution in [0.2, 0.25) is 0 Å². The minimum atomic E-state index is -0.557. The van der Waals surface area contributed by atoms with Crippen molar-refractivity contribution < 1.29 is 19.1 Å². The second-order valence-electron chi connectivity index (χ2n) is 4.46. The molecule has 0 aromatic heterocycles. The van der Waals surface area contributed by atoms with Crippen LogP contribution in [0, 0.1) is 11.8 Å². The van der Waals surface area contributed by atoms with Crippen LogP contribution in [0.1, 0.15) is 26.7 Å². The average Bonchev–Trinajstić information content (AvgIpc) is 2.87. The van der Waals surface area contributed by atoms with Gasteiger partial charge in [0.05, 0.1) is 19.6 Å². The number of nitrogens with one attached hydrogen (secondary N) is 1. The van der Waals surface area contributed by atoms with E-state index in [4.69, 9.17) is 9.47 Å². The molecule has 98 valence electrons. The van der Waals surface area contributed by atoms with Crippen molar-refractivity contribution in [2.45, 2.75) is 32.7 Å². The molecule has 0 aliphatic carbocycles. The molecule has 1 heterocycles. The van der Waals surface area contributed by atoms with E-state index in [0.29, 0.717) is 13.2 Å². The van der Waals surface area contributed by atoms with Crippen LogP contribution in [0.25, 0.3) is 0 Å². The van der Waals surface area contributed by atoms with E-state index >= 15 is 0 Å². The molecule has 0 bridgehead atoms. The number of rotatable bonds is 5. The van der Waals surface area contributed by atoms with Crippen molar-refractivity contribution in [3.8, 4) is 0 Å². The maximum atomic E-state index is 11.9. The molecule has 0 radical (unpaired) electrons. The van der Waals surface area contributed by atoms with E-state index in [0.717, 1.165) is 12.8 Å². The summed E-state index contributed by atoms with van der Waals surface area (Å²) in [6, 6.07) is -0.557. The van der Waals surface area contributed by atoms with Gasteiger partial charge in [-0.3, -0.25) is 4.79 Å². The summed E-state index contributed by atoms with van der Waals surface area (Å²) in [7, 11) is 1.34. The van der Waals surface area contributed by atoms with E-state index in [1.807, 2.05) is 13.8 Å². The first kappa shape index (κ1) is 14.0. The van der Waals surface area contributed by atoms with Gasteiger partial charge in [-0.1, -0.05) is 20.3 Å². The molecule has 1 amide bonds. The van der Waals surface area contributed by atoms with E-state index in [1.165, 1.54) is 7.11 Å². The van der Waals surface area contributed by atoms with Crippen molar-refractivity contribution in [1.82, 2.24) is 5.32 Å². The van der Waals surface area contributed by atoms with Gasteiger partial charge in [-0.2, -0.15) is 0 Å². The highest BCUT2D eigenvalue weighted by Crippen LogP contribution is 2.15. The van der Waals surface area contributed by atoms with Gasteiger partial charge in [-0.05, 0) is 12.3 Å². The zero-order valence-corrected chi connectivity index (χ0v) is 10.7. The summed E-state index contributed by atoms with van der Waals surface area (Å²) in [5.74, 6) is -0.565. The normalized spacial score (nSPS) is 22.9. The van der Waals surface area contributed by atoms with Gasteiger partial charge in [0.1, 0.15) is 6.04 Å². The van der Waals surface area contributed by atoms with Crippen molar-refractivity contribution in [2.75, 3.05) is 20.3 Å². The van der Waals surface area contributed by atoms with E-state index in [9.17, 15) is 9.59 Å². The van der Waals surface area contributed by atoms with E-state index in [-0.39, 0.29) is 23.7 Å². The Morgan fingerprint density at radius 2 is 2.24 bits per heavy atom. The smallest absolute Gasteiger partial charge is 0.328 e. The lowest BCUT2D eigenvalue weighted by Gasteiger charge is -2.23. The van der Waals surface area contributed by atoms with E-state index in [2.05, 4.69) is 5.32 Å². The number of carbonyl (C=O) groups is 2. The highest BCUT2D eigenvalue weighted by molar-refractivity contribution is 5.86. The Morgan fingerprint density at radius 3 is 2.71 bits per heavy atom. The number of ether oxygens (including phenoxy) is 2. The number of hydrogen-bond acceptors (Lipinski definition) is 4. The number of hydrogen-bond donors (Lipinski definition) is 1. The number of esters is 1. The third-order valence-electron chi connectivity index (χ3n) is 3.27. The highest BCUT2D eigenvalue weighted by Gasteiger charge is 2.31. The molecule has 1 saturated heterocycles. The fourth-order valence-electron chi connectivity index (χ4n) is 1.81. The summed E-state index contributed by atoms with van der Waals surface area (Å²) in [6.07, 6.45) is 1.53. The Labute approximate surface area is 102 Å². The average molecular weight is 243 g/mol. The second kappa shape index (κ2) is 6.59. The number of carbonyl (C=O) groups excluding carboxylic acids is 2. The fraction of sp³-hybridized carbons (Fsp3) is 0.833. The standard InChI is InChI=1S/C12H21NO4/c1-4-8(2)10(12(15)16-3)13-11(14)9-5-6-17-7-9/h8-10H,4-7H2,1-3H3,(H,13,14)/t8-,9-,10+/m1/s1. The van der Waals surface area contributed by atoms with Crippen molar-refractivity contribution >= 4 is 11.9 Å². The van der Waals surface area contributed by atoms with Crippen molar-refractivity contribution in [3.05, 3.63) is 0 Å². The van der Waals surface area contributed by atoms with Gasteiger partial charge in [0.25, 0.3) is 0 Å². The maximum Gasteiger partial charge on any atom is 0.328 e. The molecule has 0 spiro atoms. The molecule has 1 N–H and O–H groups in total. The van der Waals surface area contributed by atoms with Gasteiger partial charge in [0, 0.05) is 6.61 Å². The molecule has 1 fully saturated rings. The minimum Gasteiger partial charge on any atom is -0.467 e. The Kier molecular flexibility index (Phi) is 5.41. The molecule has 5 nitrogen and oxygen atoms in total. The Hall–Kier alpha value is -1.10. The Balaban J connectivity index is 2.58. The molecule has 0 aromatic carbocycles. The highest BCUT2D eigenvalue weighted by atomic mass is 16.5. The maximum absolute atomic E-state index is 11.9. The summed E-state index contributed by atoms with van der Waals surface area (Å²) < 4.78 is 9.87. The van der Waals surface area contributed by atoms with Crippen LogP contribution in [0.5, 0.6) is 0 Å². The topological polar surface area (TPSA) is 64.6 Å². The van der Waals surface area contributed by atoms with Crippen molar-refractivity contribution in [1.29, 1.82) is 0 Å². The first-order valence-electron chi connectivity index (χ1n) is 6.06. The molecule has 0 saturated carbocycles. The largest absolute Gasteiger partial charge is 0.467 e. The summed E-state index contributed by atoms with van der Waals surface area (Å²) in [5.41, 5.74) is 0. The SMILES string of the molecule is CC[C@@H](C)[C@H](NC(=O)[C@@H]1CCOC1)C(=O)OC. The number of amides is 1. The predicted octanol–water partition coefficient (Wildman–Crippen LogP) is 0.727. The lowest BCUT2D eigenvalue weighted by molar-refractivity contribution is -0.147. The van der Waals surface area contributed by atoms with Crippen molar-refractivity contribution in [3.63, 3.8) is 0 Å². The van der Waals surface area contributed by atoms with E-state index in [1.54, 1.807) is 0 Å². The number of methoxy groups -OCH3 is 1. The zero-order valence-electron chi connectivity index (χ0n) is 10.7. The summed E-state index contributed by atoms with van der Waals surface area (Å²) in [5, 5.41) is 2.77. The van der Waals surface area contributed by atoms with Crippen LogP contribution < -0.4 is 5.32 Å². The third-order valence-corrected chi connectivity index (χ3v) is 3.27. The van der Waals surface area contributed by atoms with Crippen molar-refractivity contribution in [2.24, 2.45) is 11.8 Å². The zero-order chi connectivity index (χ0) is 12.8. The Bertz CT molecular complexity index is 274. The summed E-state index contributed by atoms with van der Waals surface area (Å²) in [6.45, 7) is 4.96. The molecule has 0 unspecified atom stereocenters. The van der Waals surface area contributed by atoms with Crippen LogP contribution in [0.3, 0.4) is 0 Å². The van der Waals surface area contributed by atoms with Gasteiger partial charge in [-0.25, -0.2) is 4.79 Å². The summed E-state index contributed by atoms with van der Waals surface area (Å²) in [4.78, 5) is 23.5. The molecule has 0 aromatic rings. The minimum absolute atomic E-state index is 0.0636. The third kappa shape index (κ3) is 3.70. The molecule has 3 atom stereocenters. The monoisotopic (exact) mass is 243 g/mol. The van der Waals surface area contributed by atoms with Crippen LogP contribution in [-0.2, 0) is 19.1 Å². The lowest BCUT2D eigenvalue weighted by atomic mass is 9.98. The van der Waals surface area contributed by atoms with Gasteiger partial charge >= 0.3 is 5.97 Å². The predicted molar refractivity (Wildman–Crippen MR) is 62.3 cm³/mol. The van der Waals surface area contributed by atoms with Crippen LogP contribution in [0.15, 0.2) is 0 Å². The van der Waals surface area contributed by atoms with Gasteiger partial charge in [0.2, 0.25) is 5.91 Å². The molecule has 1 rings (SSSR count). The molecular formula is C12H21NO4. The van der Waals surface area contributed by atoms with Gasteiger partial charge in [-0.15, -0.1) is 0 Å². The first-order chi connectivity index (χ1) is 8.10. The second-order valence-corrected chi connectivity index (χ2v) is 4.46.